The van der Waals surface area contributed by atoms with Crippen molar-refractivity contribution in [1.82, 2.24) is 0 Å². The third-order valence-corrected chi connectivity index (χ3v) is 4.86. The van der Waals surface area contributed by atoms with Crippen LogP contribution in [0.15, 0.2) is 40.2 Å². The van der Waals surface area contributed by atoms with Crippen LogP contribution >= 0.6 is 38.9 Å². The lowest BCUT2D eigenvalue weighted by Crippen LogP contribution is -2.09. The van der Waals surface area contributed by atoms with Crippen molar-refractivity contribution in [2.45, 2.75) is 12.8 Å². The molecule has 0 aliphatic carbocycles. The summed E-state index contributed by atoms with van der Waals surface area (Å²) in [5, 5.41) is 0. The van der Waals surface area contributed by atoms with Crippen molar-refractivity contribution in [3.05, 3.63) is 56.4 Å². The molecule has 0 radical (unpaired) electrons. The molecular formula is C14H13BrClFS. The van der Waals surface area contributed by atoms with Crippen molar-refractivity contribution in [2.24, 2.45) is 5.92 Å². The monoisotopic (exact) mass is 346 g/mol. The number of halogens is 3. The molecule has 1 heterocycles. The van der Waals surface area contributed by atoms with Crippen molar-refractivity contribution in [1.29, 1.82) is 0 Å². The fourth-order valence-electron chi connectivity index (χ4n) is 1.88. The van der Waals surface area contributed by atoms with Gasteiger partial charge in [0.2, 0.25) is 0 Å². The van der Waals surface area contributed by atoms with E-state index in [-0.39, 0.29) is 5.82 Å². The Labute approximate surface area is 124 Å². The van der Waals surface area contributed by atoms with Crippen LogP contribution in [0.3, 0.4) is 0 Å². The third kappa shape index (κ3) is 4.08. The van der Waals surface area contributed by atoms with Crippen molar-refractivity contribution in [3.63, 3.8) is 0 Å². The predicted molar refractivity (Wildman–Crippen MR) is 80.0 cm³/mol. The second-order valence-electron chi connectivity index (χ2n) is 4.26. The molecule has 1 aromatic heterocycles. The van der Waals surface area contributed by atoms with E-state index in [1.54, 1.807) is 11.3 Å². The summed E-state index contributed by atoms with van der Waals surface area (Å²) in [7, 11) is 0. The second kappa shape index (κ2) is 6.69. The van der Waals surface area contributed by atoms with Crippen molar-refractivity contribution < 1.29 is 4.39 Å². The van der Waals surface area contributed by atoms with Gasteiger partial charge in [0.1, 0.15) is 5.82 Å². The number of hydrogen-bond donors (Lipinski definition) is 0. The summed E-state index contributed by atoms with van der Waals surface area (Å²) in [6.07, 6.45) is 1.86. The summed E-state index contributed by atoms with van der Waals surface area (Å²) in [6, 6.07) is 10.9. The summed E-state index contributed by atoms with van der Waals surface area (Å²) in [4.78, 5) is 1.33. The number of benzene rings is 1. The molecule has 0 aliphatic rings. The molecule has 0 bridgehead atoms. The highest BCUT2D eigenvalue weighted by Gasteiger charge is 2.11. The van der Waals surface area contributed by atoms with Gasteiger partial charge in [0.05, 0.1) is 3.79 Å². The largest absolute Gasteiger partial charge is 0.207 e. The van der Waals surface area contributed by atoms with E-state index >= 15 is 0 Å². The van der Waals surface area contributed by atoms with Gasteiger partial charge in [0, 0.05) is 10.8 Å². The smallest absolute Gasteiger partial charge is 0.123 e. The molecule has 2 aromatic rings. The quantitative estimate of drug-likeness (QED) is 0.645. The number of hydrogen-bond acceptors (Lipinski definition) is 1. The summed E-state index contributed by atoms with van der Waals surface area (Å²) in [6.45, 7) is 0. The Hall–Kier alpha value is -0.380. The Bertz CT molecular complexity index is 495. The van der Waals surface area contributed by atoms with Gasteiger partial charge in [-0.25, -0.2) is 4.39 Å². The fraction of sp³-hybridized carbons (Fsp3) is 0.286. The Morgan fingerprint density at radius 2 is 1.83 bits per heavy atom. The van der Waals surface area contributed by atoms with E-state index in [9.17, 15) is 4.39 Å². The van der Waals surface area contributed by atoms with Crippen LogP contribution in [0.25, 0.3) is 0 Å². The first-order valence-corrected chi connectivity index (χ1v) is 7.86. The number of alkyl halides is 1. The highest BCUT2D eigenvalue weighted by molar-refractivity contribution is 9.11. The third-order valence-electron chi connectivity index (χ3n) is 2.77. The predicted octanol–water partition coefficient (Wildman–Crippen LogP) is 5.29. The normalized spacial score (nSPS) is 12.6. The average molecular weight is 348 g/mol. The fourth-order valence-corrected chi connectivity index (χ4v) is 3.70. The molecule has 0 saturated carbocycles. The summed E-state index contributed by atoms with van der Waals surface area (Å²) in [5.74, 6) is 0.818. The molecule has 1 atom stereocenters. The van der Waals surface area contributed by atoms with Crippen LogP contribution < -0.4 is 0 Å². The van der Waals surface area contributed by atoms with Gasteiger partial charge in [-0.3, -0.25) is 0 Å². The molecular weight excluding hydrogens is 335 g/mol. The van der Waals surface area contributed by atoms with Crippen molar-refractivity contribution in [2.75, 3.05) is 5.88 Å². The van der Waals surface area contributed by atoms with Crippen LogP contribution in [0.2, 0.25) is 0 Å². The van der Waals surface area contributed by atoms with E-state index in [4.69, 9.17) is 11.6 Å². The van der Waals surface area contributed by atoms with E-state index in [1.165, 1.54) is 17.0 Å². The lowest BCUT2D eigenvalue weighted by Gasteiger charge is -2.12. The maximum Gasteiger partial charge on any atom is 0.123 e. The van der Waals surface area contributed by atoms with Gasteiger partial charge in [-0.2, -0.15) is 0 Å². The number of thiophene rings is 1. The van der Waals surface area contributed by atoms with Crippen LogP contribution in [0.1, 0.15) is 10.4 Å². The first kappa shape index (κ1) is 14.0. The minimum absolute atomic E-state index is 0.191. The van der Waals surface area contributed by atoms with Gasteiger partial charge in [-0.15, -0.1) is 22.9 Å². The first-order chi connectivity index (χ1) is 8.67. The highest BCUT2D eigenvalue weighted by atomic mass is 79.9. The average Bonchev–Trinajstić information content (AvgIpc) is 2.77. The van der Waals surface area contributed by atoms with Crippen LogP contribution in [0.5, 0.6) is 0 Å². The molecule has 0 N–H and O–H groups in total. The molecule has 0 saturated heterocycles. The van der Waals surface area contributed by atoms with Crippen molar-refractivity contribution in [3.8, 4) is 0 Å². The second-order valence-corrected chi connectivity index (χ2v) is 7.12. The molecule has 1 unspecified atom stereocenters. The highest BCUT2D eigenvalue weighted by Crippen LogP contribution is 2.26. The molecule has 2 rings (SSSR count). The SMILES string of the molecule is Fc1ccc(CC(CCl)Cc2ccc(Br)s2)cc1. The van der Waals surface area contributed by atoms with Gasteiger partial charge >= 0.3 is 0 Å². The van der Waals surface area contributed by atoms with Gasteiger partial charge in [-0.1, -0.05) is 12.1 Å². The topological polar surface area (TPSA) is 0 Å². The van der Waals surface area contributed by atoms with Gasteiger partial charge < -0.3 is 0 Å². The van der Waals surface area contributed by atoms with E-state index in [2.05, 4.69) is 28.1 Å². The lowest BCUT2D eigenvalue weighted by molar-refractivity contribution is 0.585. The summed E-state index contributed by atoms with van der Waals surface area (Å²) < 4.78 is 14.0. The Balaban J connectivity index is 1.99. The van der Waals surface area contributed by atoms with E-state index in [1.807, 2.05) is 12.1 Å². The Morgan fingerprint density at radius 1 is 1.11 bits per heavy atom. The van der Waals surface area contributed by atoms with Crippen molar-refractivity contribution >= 4 is 38.9 Å². The Morgan fingerprint density at radius 3 is 2.39 bits per heavy atom. The molecule has 0 nitrogen and oxygen atoms in total. The minimum Gasteiger partial charge on any atom is -0.207 e. The molecule has 0 aliphatic heterocycles. The minimum atomic E-state index is -0.191. The zero-order chi connectivity index (χ0) is 13.0. The Kier molecular flexibility index (Phi) is 5.22. The summed E-state index contributed by atoms with van der Waals surface area (Å²) in [5.41, 5.74) is 1.14. The van der Waals surface area contributed by atoms with E-state index in [0.717, 1.165) is 22.2 Å². The van der Waals surface area contributed by atoms with Gasteiger partial charge in [0.25, 0.3) is 0 Å². The molecule has 96 valence electrons. The van der Waals surface area contributed by atoms with Crippen LogP contribution in [0, 0.1) is 11.7 Å². The lowest BCUT2D eigenvalue weighted by atomic mass is 9.97. The molecule has 1 aromatic carbocycles. The molecule has 0 fully saturated rings. The van der Waals surface area contributed by atoms with E-state index in [0.29, 0.717) is 11.8 Å². The van der Waals surface area contributed by atoms with Gasteiger partial charge in [0.15, 0.2) is 0 Å². The molecule has 0 spiro atoms. The van der Waals surface area contributed by atoms with Crippen LogP contribution in [-0.2, 0) is 12.8 Å². The standard InChI is InChI=1S/C14H13BrClFS/c15-14-6-5-13(18-14)8-11(9-16)7-10-1-3-12(17)4-2-10/h1-6,11H,7-9H2. The van der Waals surface area contributed by atoms with Gasteiger partial charge in [-0.05, 0) is 64.5 Å². The summed E-state index contributed by atoms with van der Waals surface area (Å²) >= 11 is 11.2. The molecule has 18 heavy (non-hydrogen) atoms. The maximum atomic E-state index is 12.8. The zero-order valence-corrected chi connectivity index (χ0v) is 12.9. The first-order valence-electron chi connectivity index (χ1n) is 5.72. The molecule has 0 amide bonds. The van der Waals surface area contributed by atoms with E-state index < -0.39 is 0 Å². The zero-order valence-electron chi connectivity index (χ0n) is 9.70. The molecule has 4 heteroatoms. The van der Waals surface area contributed by atoms with Crippen LogP contribution in [-0.4, -0.2) is 5.88 Å². The number of rotatable bonds is 5. The maximum absolute atomic E-state index is 12.8. The van der Waals surface area contributed by atoms with Crippen LogP contribution in [0.4, 0.5) is 4.39 Å².